The van der Waals surface area contributed by atoms with E-state index in [0.29, 0.717) is 5.56 Å². The van der Waals surface area contributed by atoms with Crippen molar-refractivity contribution in [1.29, 1.82) is 0 Å². The SMILES string of the molecule is O=C(NC1C=CC(O)(c2ccccc2F)C=C1)c1ccccc1. The molecule has 0 radical (unpaired) electrons. The number of amides is 1. The lowest BCUT2D eigenvalue weighted by Gasteiger charge is -2.26. The zero-order valence-corrected chi connectivity index (χ0v) is 12.3. The molecule has 0 aliphatic heterocycles. The standard InChI is InChI=1S/C19H16FNO2/c20-17-9-5-4-8-16(17)19(23)12-10-15(11-13-19)21-18(22)14-6-2-1-3-7-14/h1-13,15,23H,(H,21,22). The summed E-state index contributed by atoms with van der Waals surface area (Å²) >= 11 is 0. The third-order valence-electron chi connectivity index (χ3n) is 3.75. The van der Waals surface area contributed by atoms with Crippen LogP contribution < -0.4 is 5.32 Å². The Hall–Kier alpha value is -2.72. The molecule has 0 fully saturated rings. The van der Waals surface area contributed by atoms with Crippen molar-refractivity contribution in [2.24, 2.45) is 0 Å². The smallest absolute Gasteiger partial charge is 0.251 e. The summed E-state index contributed by atoms with van der Waals surface area (Å²) in [7, 11) is 0. The molecule has 2 N–H and O–H groups in total. The zero-order chi connectivity index (χ0) is 16.3. The van der Waals surface area contributed by atoms with Crippen molar-refractivity contribution < 1.29 is 14.3 Å². The number of nitrogens with one attached hydrogen (secondary N) is 1. The highest BCUT2D eigenvalue weighted by Crippen LogP contribution is 2.29. The molecule has 3 rings (SSSR count). The van der Waals surface area contributed by atoms with Gasteiger partial charge in [0.05, 0.1) is 6.04 Å². The minimum atomic E-state index is -1.50. The first-order valence-corrected chi connectivity index (χ1v) is 7.30. The van der Waals surface area contributed by atoms with E-state index in [-0.39, 0.29) is 17.5 Å². The topological polar surface area (TPSA) is 49.3 Å². The van der Waals surface area contributed by atoms with E-state index in [1.807, 2.05) is 6.07 Å². The van der Waals surface area contributed by atoms with Gasteiger partial charge in [-0.15, -0.1) is 0 Å². The Morgan fingerprint density at radius 3 is 2.26 bits per heavy atom. The summed E-state index contributed by atoms with van der Waals surface area (Å²) in [5, 5.41) is 13.4. The van der Waals surface area contributed by atoms with Gasteiger partial charge in [0.15, 0.2) is 0 Å². The van der Waals surface area contributed by atoms with Crippen molar-refractivity contribution in [3.8, 4) is 0 Å². The molecule has 0 saturated heterocycles. The number of benzene rings is 2. The van der Waals surface area contributed by atoms with E-state index in [0.717, 1.165) is 0 Å². The van der Waals surface area contributed by atoms with Gasteiger partial charge in [-0.3, -0.25) is 4.79 Å². The van der Waals surface area contributed by atoms with Gasteiger partial charge in [-0.05, 0) is 30.4 Å². The van der Waals surface area contributed by atoms with E-state index in [1.54, 1.807) is 48.6 Å². The normalized spacial score (nSPS) is 22.8. The molecule has 1 amide bonds. The van der Waals surface area contributed by atoms with Gasteiger partial charge in [-0.2, -0.15) is 0 Å². The molecule has 2 aromatic carbocycles. The van der Waals surface area contributed by atoms with Crippen LogP contribution in [0.1, 0.15) is 15.9 Å². The van der Waals surface area contributed by atoms with Gasteiger partial charge < -0.3 is 10.4 Å². The van der Waals surface area contributed by atoms with Crippen LogP contribution in [0.3, 0.4) is 0 Å². The van der Waals surface area contributed by atoms with Crippen LogP contribution in [-0.4, -0.2) is 17.1 Å². The highest BCUT2D eigenvalue weighted by atomic mass is 19.1. The maximum absolute atomic E-state index is 13.9. The Balaban J connectivity index is 1.73. The molecule has 0 bridgehead atoms. The molecule has 0 aromatic heterocycles. The van der Waals surface area contributed by atoms with E-state index in [2.05, 4.69) is 5.32 Å². The third-order valence-corrected chi connectivity index (χ3v) is 3.75. The summed E-state index contributed by atoms with van der Waals surface area (Å²) in [5.41, 5.74) is -0.760. The molecule has 1 aliphatic carbocycles. The van der Waals surface area contributed by atoms with E-state index in [9.17, 15) is 14.3 Å². The molecular formula is C19H16FNO2. The van der Waals surface area contributed by atoms with Crippen LogP contribution in [0, 0.1) is 5.82 Å². The van der Waals surface area contributed by atoms with Crippen LogP contribution in [-0.2, 0) is 5.60 Å². The molecule has 4 heteroatoms. The molecule has 2 aromatic rings. The summed E-state index contributed by atoms with van der Waals surface area (Å²) in [4.78, 5) is 12.1. The number of aliphatic hydroxyl groups is 1. The van der Waals surface area contributed by atoms with Gasteiger partial charge in [-0.1, -0.05) is 48.6 Å². The van der Waals surface area contributed by atoms with E-state index in [1.165, 1.54) is 24.3 Å². The second-order valence-electron chi connectivity index (χ2n) is 5.39. The Labute approximate surface area is 133 Å². The fourth-order valence-electron chi connectivity index (χ4n) is 2.51. The average molecular weight is 309 g/mol. The van der Waals surface area contributed by atoms with Crippen LogP contribution in [0.5, 0.6) is 0 Å². The predicted octanol–water partition coefficient (Wildman–Crippen LogP) is 2.94. The molecule has 0 unspecified atom stereocenters. The lowest BCUT2D eigenvalue weighted by Crippen LogP contribution is -2.35. The van der Waals surface area contributed by atoms with Crippen molar-refractivity contribution in [1.82, 2.24) is 5.32 Å². The molecule has 0 saturated carbocycles. The second-order valence-corrected chi connectivity index (χ2v) is 5.39. The maximum atomic E-state index is 13.9. The van der Waals surface area contributed by atoms with Crippen molar-refractivity contribution >= 4 is 5.91 Å². The lowest BCUT2D eigenvalue weighted by atomic mass is 9.88. The Morgan fingerprint density at radius 2 is 1.61 bits per heavy atom. The fourth-order valence-corrected chi connectivity index (χ4v) is 2.51. The molecule has 116 valence electrons. The lowest BCUT2D eigenvalue weighted by molar-refractivity contribution is 0.0946. The van der Waals surface area contributed by atoms with Gasteiger partial charge in [0.25, 0.3) is 5.91 Å². The van der Waals surface area contributed by atoms with Crippen LogP contribution >= 0.6 is 0 Å². The summed E-state index contributed by atoms with van der Waals surface area (Å²) < 4.78 is 13.9. The maximum Gasteiger partial charge on any atom is 0.251 e. The Morgan fingerprint density at radius 1 is 1.00 bits per heavy atom. The van der Waals surface area contributed by atoms with Gasteiger partial charge in [-0.25, -0.2) is 4.39 Å². The van der Waals surface area contributed by atoms with Crippen molar-refractivity contribution in [2.75, 3.05) is 0 Å². The quantitative estimate of drug-likeness (QED) is 0.857. The fraction of sp³-hybridized carbons (Fsp3) is 0.105. The first-order valence-electron chi connectivity index (χ1n) is 7.30. The van der Waals surface area contributed by atoms with E-state index >= 15 is 0 Å². The average Bonchev–Trinajstić information content (AvgIpc) is 2.58. The molecular weight excluding hydrogens is 293 g/mol. The van der Waals surface area contributed by atoms with Crippen LogP contribution in [0.15, 0.2) is 78.9 Å². The van der Waals surface area contributed by atoms with Crippen LogP contribution in [0.25, 0.3) is 0 Å². The van der Waals surface area contributed by atoms with Gasteiger partial charge in [0.1, 0.15) is 11.4 Å². The highest BCUT2D eigenvalue weighted by molar-refractivity contribution is 5.94. The first kappa shape index (κ1) is 15.2. The van der Waals surface area contributed by atoms with Crippen molar-refractivity contribution in [2.45, 2.75) is 11.6 Å². The number of hydrogen-bond donors (Lipinski definition) is 2. The van der Waals surface area contributed by atoms with E-state index in [4.69, 9.17) is 0 Å². The number of rotatable bonds is 3. The number of halogens is 1. The number of carbonyl (C=O) groups is 1. The number of hydrogen-bond acceptors (Lipinski definition) is 2. The second kappa shape index (κ2) is 6.18. The van der Waals surface area contributed by atoms with Crippen molar-refractivity contribution in [3.63, 3.8) is 0 Å². The molecule has 23 heavy (non-hydrogen) atoms. The summed E-state index contributed by atoms with van der Waals surface area (Å²) in [6, 6.07) is 14.6. The highest BCUT2D eigenvalue weighted by Gasteiger charge is 2.29. The third kappa shape index (κ3) is 3.22. The summed E-state index contributed by atoms with van der Waals surface area (Å²) in [6.45, 7) is 0. The van der Waals surface area contributed by atoms with Gasteiger partial charge in [0, 0.05) is 11.1 Å². The number of carbonyl (C=O) groups excluding carboxylic acids is 1. The Kier molecular flexibility index (Phi) is 4.08. The largest absolute Gasteiger partial charge is 0.377 e. The van der Waals surface area contributed by atoms with Gasteiger partial charge >= 0.3 is 0 Å². The molecule has 1 aliphatic rings. The molecule has 0 atom stereocenters. The molecule has 0 heterocycles. The monoisotopic (exact) mass is 309 g/mol. The predicted molar refractivity (Wildman–Crippen MR) is 86.3 cm³/mol. The zero-order valence-electron chi connectivity index (χ0n) is 12.3. The Bertz CT molecular complexity index is 754. The van der Waals surface area contributed by atoms with Crippen LogP contribution in [0.4, 0.5) is 4.39 Å². The van der Waals surface area contributed by atoms with Crippen LogP contribution in [0.2, 0.25) is 0 Å². The minimum absolute atomic E-state index is 0.181. The molecule has 0 spiro atoms. The van der Waals surface area contributed by atoms with Crippen molar-refractivity contribution in [3.05, 3.63) is 95.8 Å². The molecule has 3 nitrogen and oxygen atoms in total. The summed E-state index contributed by atoms with van der Waals surface area (Å²) in [6.07, 6.45) is 6.27. The van der Waals surface area contributed by atoms with E-state index < -0.39 is 11.4 Å². The minimum Gasteiger partial charge on any atom is -0.377 e. The summed E-state index contributed by atoms with van der Waals surface area (Å²) in [5.74, 6) is -0.683. The first-order chi connectivity index (χ1) is 11.1. The van der Waals surface area contributed by atoms with Gasteiger partial charge in [0.2, 0.25) is 0 Å².